The van der Waals surface area contributed by atoms with Gasteiger partial charge in [-0.1, -0.05) is 18.2 Å². The monoisotopic (exact) mass is 290 g/mol. The van der Waals surface area contributed by atoms with Crippen LogP contribution in [0, 0.1) is 11.2 Å². The quantitative estimate of drug-likeness (QED) is 0.800. The van der Waals surface area contributed by atoms with Gasteiger partial charge in [-0.15, -0.1) is 0 Å². The molecule has 1 spiro atoms. The molecule has 1 aromatic carbocycles. The molecule has 2 amide bonds. The van der Waals surface area contributed by atoms with Gasteiger partial charge in [-0.05, 0) is 26.5 Å². The molecule has 0 bridgehead atoms. The number of amides is 2. The molecule has 4 nitrogen and oxygen atoms in total. The fourth-order valence-electron chi connectivity index (χ4n) is 3.93. The number of likely N-dealkylation sites (tertiary alicyclic amines) is 1. The number of imide groups is 1. The largest absolute Gasteiger partial charge is 0.303 e. The molecule has 0 aliphatic carbocycles. The van der Waals surface area contributed by atoms with Crippen molar-refractivity contribution in [2.24, 2.45) is 5.41 Å². The van der Waals surface area contributed by atoms with E-state index in [1.165, 1.54) is 6.07 Å². The van der Waals surface area contributed by atoms with Crippen LogP contribution in [0.15, 0.2) is 24.3 Å². The third-order valence-corrected chi connectivity index (χ3v) is 4.88. The zero-order chi connectivity index (χ0) is 15.2. The van der Waals surface area contributed by atoms with E-state index >= 15 is 0 Å². The Hall–Kier alpha value is -1.75. The van der Waals surface area contributed by atoms with Crippen LogP contribution in [0.2, 0.25) is 0 Å². The van der Waals surface area contributed by atoms with Crippen LogP contribution in [-0.4, -0.2) is 36.3 Å². The standard InChI is InChI=1S/C16H19FN2O2/c1-10-7-16(9-19(10)2)8-13(20)18-15(21)14(16)11-5-3-4-6-12(11)17/h3-6,10,14H,7-9H2,1-2H3,(H,18,20,21). The highest BCUT2D eigenvalue weighted by Crippen LogP contribution is 2.50. The minimum absolute atomic E-state index is 0.255. The summed E-state index contributed by atoms with van der Waals surface area (Å²) in [6.07, 6.45) is 0.994. The van der Waals surface area contributed by atoms with Crippen molar-refractivity contribution < 1.29 is 14.0 Å². The summed E-state index contributed by atoms with van der Waals surface area (Å²) in [5, 5.41) is 2.37. The molecule has 2 aliphatic heterocycles. The number of hydrogen-bond donors (Lipinski definition) is 1. The smallest absolute Gasteiger partial charge is 0.234 e. The average molecular weight is 290 g/mol. The van der Waals surface area contributed by atoms with Crippen LogP contribution in [0.3, 0.4) is 0 Å². The molecule has 1 aromatic rings. The molecule has 0 saturated carbocycles. The lowest BCUT2D eigenvalue weighted by Gasteiger charge is -2.39. The number of carbonyl (C=O) groups is 2. The molecule has 0 radical (unpaired) electrons. The van der Waals surface area contributed by atoms with E-state index in [-0.39, 0.29) is 30.1 Å². The first-order valence-electron chi connectivity index (χ1n) is 7.21. The molecular weight excluding hydrogens is 271 g/mol. The third kappa shape index (κ3) is 2.25. The number of halogens is 1. The number of nitrogens with zero attached hydrogens (tertiary/aromatic N) is 1. The van der Waals surface area contributed by atoms with E-state index in [0.29, 0.717) is 12.1 Å². The van der Waals surface area contributed by atoms with Crippen molar-refractivity contribution in [1.82, 2.24) is 10.2 Å². The van der Waals surface area contributed by atoms with Gasteiger partial charge < -0.3 is 4.90 Å². The predicted molar refractivity (Wildman–Crippen MR) is 76.0 cm³/mol. The van der Waals surface area contributed by atoms with Gasteiger partial charge >= 0.3 is 0 Å². The molecule has 2 aliphatic rings. The summed E-state index contributed by atoms with van der Waals surface area (Å²) >= 11 is 0. The van der Waals surface area contributed by atoms with Crippen molar-refractivity contribution in [2.45, 2.75) is 31.7 Å². The van der Waals surface area contributed by atoms with E-state index in [2.05, 4.69) is 17.1 Å². The number of nitrogens with one attached hydrogen (secondary N) is 1. The molecule has 3 atom stereocenters. The fraction of sp³-hybridized carbons (Fsp3) is 0.500. The molecule has 2 fully saturated rings. The molecule has 3 rings (SSSR count). The maximum absolute atomic E-state index is 14.2. The van der Waals surface area contributed by atoms with Crippen molar-refractivity contribution in [2.75, 3.05) is 13.6 Å². The minimum Gasteiger partial charge on any atom is -0.303 e. The normalized spacial score (nSPS) is 33.5. The van der Waals surface area contributed by atoms with Crippen molar-refractivity contribution >= 4 is 11.8 Å². The first-order valence-corrected chi connectivity index (χ1v) is 7.21. The summed E-state index contributed by atoms with van der Waals surface area (Å²) in [5.41, 5.74) is -0.111. The number of rotatable bonds is 1. The summed E-state index contributed by atoms with van der Waals surface area (Å²) < 4.78 is 14.2. The Balaban J connectivity index is 2.08. The Labute approximate surface area is 123 Å². The summed E-state index contributed by atoms with van der Waals surface area (Å²) in [6.45, 7) is 2.70. The zero-order valence-electron chi connectivity index (χ0n) is 12.2. The Morgan fingerprint density at radius 2 is 2.05 bits per heavy atom. The summed E-state index contributed by atoms with van der Waals surface area (Å²) in [5.74, 6) is -1.62. The van der Waals surface area contributed by atoms with Crippen LogP contribution < -0.4 is 5.32 Å². The van der Waals surface area contributed by atoms with Crippen molar-refractivity contribution in [3.63, 3.8) is 0 Å². The molecular formula is C16H19FN2O2. The first kappa shape index (κ1) is 14.2. The second-order valence-corrected chi connectivity index (χ2v) is 6.37. The van der Waals surface area contributed by atoms with Gasteiger partial charge in [0.05, 0.1) is 5.92 Å². The number of hydrogen-bond acceptors (Lipinski definition) is 3. The maximum Gasteiger partial charge on any atom is 0.234 e. The third-order valence-electron chi connectivity index (χ3n) is 4.88. The van der Waals surface area contributed by atoms with Gasteiger partial charge in [0.25, 0.3) is 0 Å². The lowest BCUT2D eigenvalue weighted by atomic mass is 9.66. The molecule has 5 heteroatoms. The maximum atomic E-state index is 14.2. The van der Waals surface area contributed by atoms with Crippen molar-refractivity contribution in [3.8, 4) is 0 Å². The lowest BCUT2D eigenvalue weighted by Crippen LogP contribution is -2.52. The predicted octanol–water partition coefficient (Wildman–Crippen LogP) is 1.67. The summed E-state index contributed by atoms with van der Waals surface area (Å²) in [7, 11) is 1.98. The van der Waals surface area contributed by atoms with Crippen LogP contribution >= 0.6 is 0 Å². The Kier molecular flexibility index (Phi) is 3.32. The zero-order valence-corrected chi connectivity index (χ0v) is 12.2. The minimum atomic E-state index is -0.608. The average Bonchev–Trinajstić information content (AvgIpc) is 2.66. The second kappa shape index (κ2) is 4.91. The highest BCUT2D eigenvalue weighted by molar-refractivity contribution is 6.02. The Bertz CT molecular complexity index is 592. The van der Waals surface area contributed by atoms with Gasteiger partial charge in [-0.3, -0.25) is 14.9 Å². The van der Waals surface area contributed by atoms with E-state index in [0.717, 1.165) is 6.42 Å². The highest BCUT2D eigenvalue weighted by atomic mass is 19.1. The van der Waals surface area contributed by atoms with E-state index in [1.54, 1.807) is 18.2 Å². The SMILES string of the molecule is CC1CC2(CC(=O)NC(=O)C2c2ccccc2F)CN1C. The summed E-state index contributed by atoms with van der Waals surface area (Å²) in [6, 6.07) is 6.64. The van der Waals surface area contributed by atoms with Crippen LogP contribution in [0.5, 0.6) is 0 Å². The lowest BCUT2D eigenvalue weighted by molar-refractivity contribution is -0.139. The highest BCUT2D eigenvalue weighted by Gasteiger charge is 2.54. The first-order chi connectivity index (χ1) is 9.93. The van der Waals surface area contributed by atoms with Gasteiger partial charge in [0, 0.05) is 30.0 Å². The van der Waals surface area contributed by atoms with E-state index in [1.807, 2.05) is 7.05 Å². The molecule has 3 unspecified atom stereocenters. The van der Waals surface area contributed by atoms with Crippen LogP contribution in [0.1, 0.15) is 31.2 Å². The van der Waals surface area contributed by atoms with Crippen LogP contribution in [-0.2, 0) is 9.59 Å². The van der Waals surface area contributed by atoms with Crippen molar-refractivity contribution in [1.29, 1.82) is 0 Å². The van der Waals surface area contributed by atoms with Gasteiger partial charge in [-0.2, -0.15) is 0 Å². The van der Waals surface area contributed by atoms with Crippen molar-refractivity contribution in [3.05, 3.63) is 35.6 Å². The van der Waals surface area contributed by atoms with E-state index in [9.17, 15) is 14.0 Å². The molecule has 21 heavy (non-hydrogen) atoms. The van der Waals surface area contributed by atoms with E-state index < -0.39 is 11.3 Å². The molecule has 0 aromatic heterocycles. The summed E-state index contributed by atoms with van der Waals surface area (Å²) in [4.78, 5) is 26.4. The fourth-order valence-corrected chi connectivity index (χ4v) is 3.93. The molecule has 112 valence electrons. The molecule has 2 saturated heterocycles. The topological polar surface area (TPSA) is 49.4 Å². The van der Waals surface area contributed by atoms with E-state index in [4.69, 9.17) is 0 Å². The molecule has 2 heterocycles. The number of piperidine rings is 1. The Morgan fingerprint density at radius 1 is 1.33 bits per heavy atom. The van der Waals surface area contributed by atoms with Gasteiger partial charge in [0.15, 0.2) is 0 Å². The van der Waals surface area contributed by atoms with Gasteiger partial charge in [0.2, 0.25) is 11.8 Å². The number of carbonyl (C=O) groups excluding carboxylic acids is 2. The number of benzene rings is 1. The molecule has 1 N–H and O–H groups in total. The van der Waals surface area contributed by atoms with Crippen LogP contribution in [0.4, 0.5) is 4.39 Å². The van der Waals surface area contributed by atoms with Gasteiger partial charge in [0.1, 0.15) is 5.82 Å². The van der Waals surface area contributed by atoms with Crippen LogP contribution in [0.25, 0.3) is 0 Å². The Morgan fingerprint density at radius 3 is 2.67 bits per heavy atom. The van der Waals surface area contributed by atoms with Gasteiger partial charge in [-0.25, -0.2) is 4.39 Å². The second-order valence-electron chi connectivity index (χ2n) is 6.37.